The van der Waals surface area contributed by atoms with Crippen LogP contribution in [0.15, 0.2) is 114 Å². The molecule has 224 valence electrons. The molecule has 9 heteroatoms. The summed E-state index contributed by atoms with van der Waals surface area (Å²) in [4.78, 5) is 48.8. The molecule has 44 heavy (non-hydrogen) atoms. The van der Waals surface area contributed by atoms with E-state index in [1.807, 2.05) is 42.5 Å². The average molecular weight is 592 g/mol. The first-order chi connectivity index (χ1) is 21.2. The van der Waals surface area contributed by atoms with Gasteiger partial charge in [0.2, 0.25) is 17.7 Å². The molecule has 6 N–H and O–H groups in total. The number of aryl methyl sites for hydroxylation is 1. The van der Waals surface area contributed by atoms with Crippen molar-refractivity contribution in [2.75, 3.05) is 0 Å². The molecule has 0 bridgehead atoms. The van der Waals surface area contributed by atoms with Crippen molar-refractivity contribution < 1.29 is 29.4 Å². The number of aliphatic carboxylic acids is 1. The summed E-state index contributed by atoms with van der Waals surface area (Å²) in [6.45, 7) is 0. The number of nitrogens with one attached hydrogen (secondary N) is 2. The summed E-state index contributed by atoms with van der Waals surface area (Å²) in [6.07, 6.45) is 2.87. The number of carboxylic acid groups (broad SMARTS) is 1. The molecule has 9 nitrogen and oxygen atoms in total. The molecule has 0 fully saturated rings. The average Bonchev–Trinajstić information content (AvgIpc) is 3.03. The SMILES string of the molecule is NC(=O)[C@H](CCC(=O)O)NC(=O)[C@H](CC1=C=C=C(O)C=C1)NC(=O)CCc1ccc(-c2ccc(-c3ccccc3)cc2)cc1. The molecule has 1 aliphatic carbocycles. The van der Waals surface area contributed by atoms with Crippen molar-refractivity contribution in [3.05, 3.63) is 119 Å². The van der Waals surface area contributed by atoms with E-state index >= 15 is 0 Å². The summed E-state index contributed by atoms with van der Waals surface area (Å²) in [5.74, 6) is -3.24. The van der Waals surface area contributed by atoms with Gasteiger partial charge in [0.1, 0.15) is 12.1 Å². The van der Waals surface area contributed by atoms with Crippen LogP contribution in [0.3, 0.4) is 0 Å². The van der Waals surface area contributed by atoms with Crippen molar-refractivity contribution in [3.8, 4) is 22.3 Å². The van der Waals surface area contributed by atoms with E-state index in [0.29, 0.717) is 12.0 Å². The molecule has 3 aromatic carbocycles. The van der Waals surface area contributed by atoms with Crippen LogP contribution in [0, 0.1) is 0 Å². The number of hydrogen-bond acceptors (Lipinski definition) is 5. The highest BCUT2D eigenvalue weighted by Gasteiger charge is 2.27. The van der Waals surface area contributed by atoms with E-state index < -0.39 is 35.8 Å². The number of allylic oxidation sites excluding steroid dienone is 2. The van der Waals surface area contributed by atoms with Crippen molar-refractivity contribution in [2.24, 2.45) is 5.73 Å². The Bertz CT molecular complexity index is 1650. The van der Waals surface area contributed by atoms with E-state index in [1.54, 1.807) is 0 Å². The summed E-state index contributed by atoms with van der Waals surface area (Å²) in [7, 11) is 0. The molecular weight excluding hydrogens is 558 g/mol. The van der Waals surface area contributed by atoms with Crippen LogP contribution < -0.4 is 16.4 Å². The number of amides is 3. The van der Waals surface area contributed by atoms with Gasteiger partial charge in [0.25, 0.3) is 0 Å². The Labute approximate surface area is 255 Å². The smallest absolute Gasteiger partial charge is 0.303 e. The highest BCUT2D eigenvalue weighted by molar-refractivity contribution is 5.92. The molecule has 4 rings (SSSR count). The Morgan fingerprint density at radius 2 is 1.32 bits per heavy atom. The van der Waals surface area contributed by atoms with Gasteiger partial charge in [-0.05, 0) is 58.5 Å². The second kappa shape index (κ2) is 15.0. The van der Waals surface area contributed by atoms with Crippen LogP contribution in [0.4, 0.5) is 0 Å². The molecule has 3 amide bonds. The minimum Gasteiger partial charge on any atom is -0.501 e. The fourth-order valence-corrected chi connectivity index (χ4v) is 4.66. The number of benzene rings is 3. The zero-order valence-corrected chi connectivity index (χ0v) is 24.0. The first kappa shape index (κ1) is 31.3. The van der Waals surface area contributed by atoms with E-state index in [0.717, 1.165) is 27.8 Å². The maximum absolute atomic E-state index is 13.1. The number of nitrogens with two attached hydrogens (primary N) is 1. The largest absolute Gasteiger partial charge is 0.501 e. The molecule has 3 aromatic rings. The number of carboxylic acids is 1. The number of aliphatic hydroxyl groups excluding tert-OH is 1. The van der Waals surface area contributed by atoms with E-state index in [9.17, 15) is 24.3 Å². The lowest BCUT2D eigenvalue weighted by Crippen LogP contribution is -2.53. The van der Waals surface area contributed by atoms with Gasteiger partial charge in [0, 0.05) is 24.8 Å². The first-order valence-electron chi connectivity index (χ1n) is 14.2. The van der Waals surface area contributed by atoms with Gasteiger partial charge in [-0.25, -0.2) is 0 Å². The molecule has 0 spiro atoms. The third-order valence-electron chi connectivity index (χ3n) is 7.10. The third kappa shape index (κ3) is 9.19. The second-order valence-electron chi connectivity index (χ2n) is 10.4. The van der Waals surface area contributed by atoms with Crippen LogP contribution in [0.1, 0.15) is 31.2 Å². The highest BCUT2D eigenvalue weighted by Crippen LogP contribution is 2.25. The van der Waals surface area contributed by atoms with Crippen LogP contribution >= 0.6 is 0 Å². The maximum Gasteiger partial charge on any atom is 0.303 e. The number of aliphatic hydroxyl groups is 1. The molecule has 0 saturated heterocycles. The Balaban J connectivity index is 1.38. The Morgan fingerprint density at radius 3 is 1.86 bits per heavy atom. The first-order valence-corrected chi connectivity index (χ1v) is 14.2. The Kier molecular flexibility index (Phi) is 10.7. The van der Waals surface area contributed by atoms with Crippen LogP contribution in [-0.2, 0) is 25.6 Å². The fourth-order valence-electron chi connectivity index (χ4n) is 4.66. The van der Waals surface area contributed by atoms with Gasteiger partial charge in [-0.3, -0.25) is 19.2 Å². The minimum absolute atomic E-state index is 0.00345. The van der Waals surface area contributed by atoms with Crippen LogP contribution in [0.2, 0.25) is 0 Å². The summed E-state index contributed by atoms with van der Waals surface area (Å²) in [6, 6.07) is 24.0. The van der Waals surface area contributed by atoms with Crippen LogP contribution in [0.5, 0.6) is 0 Å². The number of rotatable bonds is 14. The molecule has 1 aliphatic rings. The summed E-state index contributed by atoms with van der Waals surface area (Å²) < 4.78 is 0. The molecule has 0 aliphatic heterocycles. The number of carbonyl (C=O) groups is 4. The molecule has 2 atom stereocenters. The summed E-state index contributed by atoms with van der Waals surface area (Å²) in [5.41, 5.74) is 16.4. The molecule has 0 unspecified atom stereocenters. The van der Waals surface area contributed by atoms with Gasteiger partial charge in [0.05, 0.1) is 0 Å². The quantitative estimate of drug-likeness (QED) is 0.175. The monoisotopic (exact) mass is 591 g/mol. The highest BCUT2D eigenvalue weighted by atomic mass is 16.4. The predicted octanol–water partition coefficient (Wildman–Crippen LogP) is 4.36. The van der Waals surface area contributed by atoms with E-state index in [-0.39, 0.29) is 31.4 Å². The van der Waals surface area contributed by atoms with Crippen LogP contribution in [0.25, 0.3) is 22.3 Å². The van der Waals surface area contributed by atoms with Gasteiger partial charge < -0.3 is 26.6 Å². The van der Waals surface area contributed by atoms with Gasteiger partial charge in [-0.15, -0.1) is 0 Å². The van der Waals surface area contributed by atoms with Gasteiger partial charge in [0.15, 0.2) is 5.76 Å². The molecular formula is C35H33N3O6. The lowest BCUT2D eigenvalue weighted by Gasteiger charge is -2.22. The third-order valence-corrected chi connectivity index (χ3v) is 7.10. The van der Waals surface area contributed by atoms with E-state index in [2.05, 4.69) is 58.5 Å². The zero-order valence-electron chi connectivity index (χ0n) is 24.0. The van der Waals surface area contributed by atoms with Crippen molar-refractivity contribution in [1.29, 1.82) is 0 Å². The minimum atomic E-state index is -1.22. The Morgan fingerprint density at radius 1 is 0.727 bits per heavy atom. The molecule has 0 saturated carbocycles. The predicted molar refractivity (Wildman–Crippen MR) is 166 cm³/mol. The van der Waals surface area contributed by atoms with Gasteiger partial charge in [-0.2, -0.15) is 0 Å². The van der Waals surface area contributed by atoms with E-state index in [1.165, 1.54) is 12.2 Å². The van der Waals surface area contributed by atoms with Gasteiger partial charge in [-0.1, -0.05) is 84.6 Å². The summed E-state index contributed by atoms with van der Waals surface area (Å²) >= 11 is 0. The van der Waals surface area contributed by atoms with Gasteiger partial charge >= 0.3 is 5.97 Å². The van der Waals surface area contributed by atoms with E-state index in [4.69, 9.17) is 10.8 Å². The lowest BCUT2D eigenvalue weighted by atomic mass is 9.99. The lowest BCUT2D eigenvalue weighted by molar-refractivity contribution is -0.137. The van der Waals surface area contributed by atoms with Crippen molar-refractivity contribution in [1.82, 2.24) is 10.6 Å². The zero-order chi connectivity index (χ0) is 31.5. The summed E-state index contributed by atoms with van der Waals surface area (Å²) in [5, 5.41) is 23.6. The van der Waals surface area contributed by atoms with Crippen molar-refractivity contribution in [3.63, 3.8) is 0 Å². The van der Waals surface area contributed by atoms with Crippen LogP contribution in [-0.4, -0.2) is 46.0 Å². The number of primary amides is 1. The topological polar surface area (TPSA) is 159 Å². The standard InChI is InChI=1S/C35H33N3O6/c36-34(43)30(19-21-33(41)42)38-35(44)31(22-24-8-17-29(39)18-9-24)37-32(40)20-10-23-6-11-26(12-7-23)28-15-13-27(14-16-28)25-4-2-1-3-5-25/h1-8,11-17,30-31,39H,10,19-22H2,(H2,36,43)(H,37,40)(H,38,44)(H,41,42)/t30-,31-/m0/s1. The Hall–Kier alpha value is -5.62. The normalized spacial score (nSPS) is 13.3. The van der Waals surface area contributed by atoms with Crippen molar-refractivity contribution >= 4 is 23.7 Å². The molecule has 0 radical (unpaired) electrons. The fraction of sp³-hybridized carbons (Fsp3) is 0.200. The van der Waals surface area contributed by atoms with Crippen molar-refractivity contribution in [2.45, 2.75) is 44.2 Å². The molecule has 0 aromatic heterocycles. The second-order valence-corrected chi connectivity index (χ2v) is 10.4. The number of carbonyl (C=O) groups excluding carboxylic acids is 3. The molecule has 0 heterocycles. The maximum atomic E-state index is 13.1. The number of hydrogen-bond donors (Lipinski definition) is 5.